The second kappa shape index (κ2) is 4.58. The third kappa shape index (κ3) is 2.00. The molecule has 1 aromatic rings. The second-order valence-electron chi connectivity index (χ2n) is 4.68. The van der Waals surface area contributed by atoms with Crippen LogP contribution in [0.3, 0.4) is 0 Å². The van der Waals surface area contributed by atoms with E-state index in [0.29, 0.717) is 6.04 Å². The van der Waals surface area contributed by atoms with Gasteiger partial charge in [-0.05, 0) is 6.42 Å². The number of ether oxygens (including phenoxy) is 1. The molecule has 1 atom stereocenters. The van der Waals surface area contributed by atoms with Gasteiger partial charge in [-0.2, -0.15) is 0 Å². The normalized spacial score (nSPS) is 23.5. The molecule has 5 nitrogen and oxygen atoms in total. The van der Waals surface area contributed by atoms with Crippen LogP contribution in [0, 0.1) is 0 Å². The van der Waals surface area contributed by atoms with E-state index in [4.69, 9.17) is 4.74 Å². The van der Waals surface area contributed by atoms with Crippen molar-refractivity contribution in [2.75, 3.05) is 31.7 Å². The maximum atomic E-state index is 5.44. The predicted molar refractivity (Wildman–Crippen MR) is 65.1 cm³/mol. The lowest BCUT2D eigenvalue weighted by atomic mass is 10.1. The number of hydrogen-bond donors (Lipinski definition) is 1. The summed E-state index contributed by atoms with van der Waals surface area (Å²) in [5, 5.41) is 3.39. The van der Waals surface area contributed by atoms with Crippen molar-refractivity contribution >= 4 is 5.82 Å². The topological polar surface area (TPSA) is 50.3 Å². The fourth-order valence-corrected chi connectivity index (χ4v) is 2.56. The molecule has 0 radical (unpaired) electrons. The minimum atomic E-state index is 0.455. The molecule has 92 valence electrons. The SMILES string of the molecule is CN(c1ncnc2c1CNCC2)C1CCOC1. The fourth-order valence-electron chi connectivity index (χ4n) is 2.56. The zero-order chi connectivity index (χ0) is 11.7. The fraction of sp³-hybridized carbons (Fsp3) is 0.667. The van der Waals surface area contributed by atoms with Crippen molar-refractivity contribution in [3.63, 3.8) is 0 Å². The number of nitrogens with zero attached hydrogens (tertiary/aromatic N) is 3. The molecule has 0 saturated carbocycles. The lowest BCUT2D eigenvalue weighted by Crippen LogP contribution is -2.35. The Morgan fingerprint density at radius 1 is 1.47 bits per heavy atom. The summed E-state index contributed by atoms with van der Waals surface area (Å²) in [4.78, 5) is 11.1. The average molecular weight is 234 g/mol. The van der Waals surface area contributed by atoms with Gasteiger partial charge >= 0.3 is 0 Å². The van der Waals surface area contributed by atoms with E-state index in [2.05, 4.69) is 27.2 Å². The first kappa shape index (κ1) is 10.9. The van der Waals surface area contributed by atoms with Gasteiger partial charge in [-0.1, -0.05) is 0 Å². The number of aromatic nitrogens is 2. The van der Waals surface area contributed by atoms with Gasteiger partial charge in [0.25, 0.3) is 0 Å². The van der Waals surface area contributed by atoms with Crippen molar-refractivity contribution in [2.45, 2.75) is 25.4 Å². The van der Waals surface area contributed by atoms with E-state index in [0.717, 1.165) is 45.0 Å². The van der Waals surface area contributed by atoms with E-state index < -0.39 is 0 Å². The van der Waals surface area contributed by atoms with Gasteiger partial charge in [0.2, 0.25) is 0 Å². The Labute approximate surface area is 101 Å². The van der Waals surface area contributed by atoms with E-state index in [-0.39, 0.29) is 0 Å². The van der Waals surface area contributed by atoms with E-state index in [1.807, 2.05) is 0 Å². The Hall–Kier alpha value is -1.20. The summed E-state index contributed by atoms with van der Waals surface area (Å²) in [5.41, 5.74) is 2.45. The summed E-state index contributed by atoms with van der Waals surface area (Å²) in [5.74, 6) is 1.07. The van der Waals surface area contributed by atoms with Crippen LogP contribution < -0.4 is 10.2 Å². The molecule has 1 unspecified atom stereocenters. The van der Waals surface area contributed by atoms with Crippen molar-refractivity contribution in [3.8, 4) is 0 Å². The van der Waals surface area contributed by atoms with Gasteiger partial charge in [0.05, 0.1) is 18.3 Å². The first-order valence-corrected chi connectivity index (χ1v) is 6.20. The molecule has 1 fully saturated rings. The number of anilines is 1. The molecule has 0 amide bonds. The molecule has 5 heteroatoms. The lowest BCUT2D eigenvalue weighted by Gasteiger charge is -2.28. The van der Waals surface area contributed by atoms with E-state index in [1.165, 1.54) is 11.3 Å². The van der Waals surface area contributed by atoms with Crippen molar-refractivity contribution in [3.05, 3.63) is 17.6 Å². The number of rotatable bonds is 2. The van der Waals surface area contributed by atoms with Gasteiger partial charge in [-0.15, -0.1) is 0 Å². The molecule has 0 aromatic carbocycles. The summed E-state index contributed by atoms with van der Waals surface area (Å²) in [7, 11) is 2.11. The molecule has 2 aliphatic heterocycles. The summed E-state index contributed by atoms with van der Waals surface area (Å²) >= 11 is 0. The molecular weight excluding hydrogens is 216 g/mol. The van der Waals surface area contributed by atoms with E-state index in [9.17, 15) is 0 Å². The molecule has 0 aliphatic carbocycles. The molecule has 3 rings (SSSR count). The second-order valence-corrected chi connectivity index (χ2v) is 4.68. The molecule has 3 heterocycles. The van der Waals surface area contributed by atoms with Crippen LogP contribution in [0.15, 0.2) is 6.33 Å². The van der Waals surface area contributed by atoms with Gasteiger partial charge in [0.1, 0.15) is 12.1 Å². The Morgan fingerprint density at radius 2 is 2.41 bits per heavy atom. The van der Waals surface area contributed by atoms with Gasteiger partial charge in [-0.3, -0.25) is 0 Å². The van der Waals surface area contributed by atoms with Crippen molar-refractivity contribution in [1.29, 1.82) is 0 Å². The Balaban J connectivity index is 1.91. The van der Waals surface area contributed by atoms with E-state index >= 15 is 0 Å². The highest BCUT2D eigenvalue weighted by atomic mass is 16.5. The zero-order valence-corrected chi connectivity index (χ0v) is 10.1. The Kier molecular flexibility index (Phi) is 2.94. The molecular formula is C12H18N4O. The lowest BCUT2D eigenvalue weighted by molar-refractivity contribution is 0.193. The Morgan fingerprint density at radius 3 is 3.24 bits per heavy atom. The Bertz CT molecular complexity index is 403. The van der Waals surface area contributed by atoms with Crippen LogP contribution in [0.4, 0.5) is 5.82 Å². The smallest absolute Gasteiger partial charge is 0.136 e. The van der Waals surface area contributed by atoms with Crippen LogP contribution in [-0.2, 0) is 17.7 Å². The van der Waals surface area contributed by atoms with Crippen LogP contribution in [0.25, 0.3) is 0 Å². The molecule has 1 aromatic heterocycles. The molecule has 17 heavy (non-hydrogen) atoms. The third-order valence-corrected chi connectivity index (χ3v) is 3.64. The highest BCUT2D eigenvalue weighted by Crippen LogP contribution is 2.25. The van der Waals surface area contributed by atoms with Crippen molar-refractivity contribution in [2.24, 2.45) is 0 Å². The van der Waals surface area contributed by atoms with Gasteiger partial charge < -0.3 is 15.0 Å². The number of nitrogens with one attached hydrogen (secondary N) is 1. The number of likely N-dealkylation sites (N-methyl/N-ethyl adjacent to an activating group) is 1. The van der Waals surface area contributed by atoms with Gasteiger partial charge in [-0.25, -0.2) is 9.97 Å². The van der Waals surface area contributed by atoms with Crippen LogP contribution in [-0.4, -0.2) is 42.8 Å². The minimum Gasteiger partial charge on any atom is -0.379 e. The molecule has 1 N–H and O–H groups in total. The molecule has 2 aliphatic rings. The molecule has 0 spiro atoms. The quantitative estimate of drug-likeness (QED) is 0.800. The van der Waals surface area contributed by atoms with Crippen molar-refractivity contribution < 1.29 is 4.74 Å². The molecule has 0 bridgehead atoms. The highest BCUT2D eigenvalue weighted by Gasteiger charge is 2.25. The number of hydrogen-bond acceptors (Lipinski definition) is 5. The van der Waals surface area contributed by atoms with E-state index in [1.54, 1.807) is 6.33 Å². The monoisotopic (exact) mass is 234 g/mol. The predicted octanol–water partition coefficient (Wildman–Crippen LogP) is 0.347. The summed E-state index contributed by atoms with van der Waals surface area (Å²) in [6, 6.07) is 0.455. The van der Waals surface area contributed by atoms with Crippen LogP contribution in [0.1, 0.15) is 17.7 Å². The average Bonchev–Trinajstić information content (AvgIpc) is 2.91. The van der Waals surface area contributed by atoms with Crippen LogP contribution >= 0.6 is 0 Å². The van der Waals surface area contributed by atoms with Gasteiger partial charge in [0, 0.05) is 38.7 Å². The van der Waals surface area contributed by atoms with Crippen LogP contribution in [0.2, 0.25) is 0 Å². The standard InChI is InChI=1S/C12H18N4O/c1-16(9-3-5-17-7-9)12-10-6-13-4-2-11(10)14-8-15-12/h8-9,13H,2-7H2,1H3. The number of fused-ring (bicyclic) bond motifs is 1. The summed E-state index contributed by atoms with van der Waals surface area (Å²) < 4.78 is 5.44. The summed E-state index contributed by atoms with van der Waals surface area (Å²) in [6.07, 6.45) is 3.77. The minimum absolute atomic E-state index is 0.455. The third-order valence-electron chi connectivity index (χ3n) is 3.64. The van der Waals surface area contributed by atoms with Crippen molar-refractivity contribution in [1.82, 2.24) is 15.3 Å². The van der Waals surface area contributed by atoms with Crippen LogP contribution in [0.5, 0.6) is 0 Å². The first-order valence-electron chi connectivity index (χ1n) is 6.20. The first-order chi connectivity index (χ1) is 8.36. The maximum Gasteiger partial charge on any atom is 0.136 e. The summed E-state index contributed by atoms with van der Waals surface area (Å²) in [6.45, 7) is 3.56. The maximum absolute atomic E-state index is 5.44. The highest BCUT2D eigenvalue weighted by molar-refractivity contribution is 5.49. The zero-order valence-electron chi connectivity index (χ0n) is 10.1. The van der Waals surface area contributed by atoms with Gasteiger partial charge in [0.15, 0.2) is 0 Å². The molecule has 1 saturated heterocycles. The largest absolute Gasteiger partial charge is 0.379 e.